The highest BCUT2D eigenvalue weighted by molar-refractivity contribution is 5.95. The first-order valence-electron chi connectivity index (χ1n) is 8.96. The van der Waals surface area contributed by atoms with Crippen LogP contribution in [0, 0.1) is 0 Å². The van der Waals surface area contributed by atoms with Gasteiger partial charge in [-0.25, -0.2) is 9.59 Å². The van der Waals surface area contributed by atoms with E-state index in [9.17, 15) is 9.59 Å². The summed E-state index contributed by atoms with van der Waals surface area (Å²) in [6, 6.07) is -0.296. The fourth-order valence-electron chi connectivity index (χ4n) is 2.42. The number of carbonyl (C=O) groups excluding carboxylic acids is 2. The van der Waals surface area contributed by atoms with Gasteiger partial charge in [0, 0.05) is 13.6 Å². The summed E-state index contributed by atoms with van der Waals surface area (Å²) in [5, 5.41) is 4.13. The summed E-state index contributed by atoms with van der Waals surface area (Å²) in [5.41, 5.74) is -0.560. The van der Waals surface area contributed by atoms with Gasteiger partial charge in [0.05, 0.1) is 18.3 Å². The molecule has 1 saturated heterocycles. The van der Waals surface area contributed by atoms with Crippen LogP contribution in [0.3, 0.4) is 0 Å². The predicted molar refractivity (Wildman–Crippen MR) is 99.3 cm³/mol. The molecule has 1 rings (SSSR count). The van der Waals surface area contributed by atoms with E-state index >= 15 is 0 Å². The van der Waals surface area contributed by atoms with Gasteiger partial charge in [0.15, 0.2) is 0 Å². The summed E-state index contributed by atoms with van der Waals surface area (Å²) in [7, 11) is 1.67. The molecule has 0 aliphatic carbocycles. The smallest absolute Gasteiger partial charge is 0.410 e. The lowest BCUT2D eigenvalue weighted by Crippen LogP contribution is -2.54. The Morgan fingerprint density at radius 1 is 1.15 bits per heavy atom. The van der Waals surface area contributed by atoms with Crippen LogP contribution in [0.25, 0.3) is 0 Å². The van der Waals surface area contributed by atoms with Crippen LogP contribution in [-0.4, -0.2) is 71.7 Å². The fraction of sp³-hybridized carbons (Fsp3) is 0.833. The molecule has 0 aromatic carbocycles. The van der Waals surface area contributed by atoms with Crippen LogP contribution >= 0.6 is 0 Å². The lowest BCUT2D eigenvalue weighted by Gasteiger charge is -2.38. The number of likely N-dealkylation sites (tertiary alicyclic amines) is 1. The Bertz CT molecular complexity index is 534. The Morgan fingerprint density at radius 3 is 2.23 bits per heavy atom. The molecule has 1 aliphatic rings. The molecule has 0 radical (unpaired) electrons. The van der Waals surface area contributed by atoms with Gasteiger partial charge in [-0.05, 0) is 54.9 Å². The summed E-state index contributed by atoms with van der Waals surface area (Å²) < 4.78 is 10.9. The van der Waals surface area contributed by atoms with Crippen LogP contribution in [0.1, 0.15) is 54.9 Å². The normalized spacial score (nSPS) is 19.9. The van der Waals surface area contributed by atoms with Gasteiger partial charge in [-0.1, -0.05) is 5.16 Å². The lowest BCUT2D eigenvalue weighted by molar-refractivity contribution is 0.0176. The largest absolute Gasteiger partial charge is 0.444 e. The van der Waals surface area contributed by atoms with Crippen molar-refractivity contribution in [1.29, 1.82) is 0 Å². The predicted octanol–water partition coefficient (Wildman–Crippen LogP) is 3.26. The molecule has 1 heterocycles. The molecule has 1 aliphatic heterocycles. The molecule has 2 amide bonds. The second-order valence-corrected chi connectivity index (χ2v) is 8.30. The average Bonchev–Trinajstić information content (AvgIpc) is 2.48. The summed E-state index contributed by atoms with van der Waals surface area (Å²) in [6.45, 7) is 13.8. The fourth-order valence-corrected chi connectivity index (χ4v) is 2.42. The van der Waals surface area contributed by atoms with Gasteiger partial charge in [0.1, 0.15) is 17.8 Å². The first kappa shape index (κ1) is 22.1. The molecule has 1 atom stereocenters. The highest BCUT2D eigenvalue weighted by atomic mass is 16.6. The van der Waals surface area contributed by atoms with Crippen molar-refractivity contribution in [2.24, 2.45) is 5.16 Å². The van der Waals surface area contributed by atoms with E-state index in [1.165, 1.54) is 4.90 Å². The van der Waals surface area contributed by atoms with E-state index in [0.717, 1.165) is 0 Å². The number of ether oxygens (including phenoxy) is 2. The van der Waals surface area contributed by atoms with E-state index in [1.807, 2.05) is 48.5 Å². The van der Waals surface area contributed by atoms with Gasteiger partial charge in [-0.2, -0.15) is 0 Å². The van der Waals surface area contributed by atoms with Gasteiger partial charge in [-0.3, -0.25) is 0 Å². The van der Waals surface area contributed by atoms with Crippen molar-refractivity contribution in [2.75, 3.05) is 26.7 Å². The molecular weight excluding hydrogens is 338 g/mol. The van der Waals surface area contributed by atoms with Gasteiger partial charge in [-0.15, -0.1) is 0 Å². The second kappa shape index (κ2) is 8.60. The first-order valence-corrected chi connectivity index (χ1v) is 8.96. The Balaban J connectivity index is 2.89. The summed E-state index contributed by atoms with van der Waals surface area (Å²) >= 11 is 0. The van der Waals surface area contributed by atoms with Crippen molar-refractivity contribution in [3.63, 3.8) is 0 Å². The molecule has 0 bridgehead atoms. The van der Waals surface area contributed by atoms with Crippen molar-refractivity contribution in [3.8, 4) is 0 Å². The van der Waals surface area contributed by atoms with Crippen molar-refractivity contribution in [3.05, 3.63) is 0 Å². The molecule has 0 spiro atoms. The lowest BCUT2D eigenvalue weighted by atomic mass is 10.0. The molecule has 0 aromatic heterocycles. The first-order chi connectivity index (χ1) is 11.8. The van der Waals surface area contributed by atoms with Crippen molar-refractivity contribution < 1.29 is 23.9 Å². The maximum absolute atomic E-state index is 12.4. The minimum Gasteiger partial charge on any atom is -0.444 e. The van der Waals surface area contributed by atoms with Crippen LogP contribution in [0.4, 0.5) is 9.59 Å². The monoisotopic (exact) mass is 371 g/mol. The number of hydrogen-bond donors (Lipinski definition) is 0. The van der Waals surface area contributed by atoms with E-state index in [4.69, 9.17) is 14.3 Å². The number of piperidine rings is 1. The van der Waals surface area contributed by atoms with Crippen LogP contribution in [0.2, 0.25) is 0 Å². The maximum atomic E-state index is 12.4. The SMILES string of the molecule is CCO/N=C1\CN(C(=O)OC(C)(C)C)CCC1N(C)C(=O)OC(C)(C)C. The molecule has 0 saturated carbocycles. The number of carbonyl (C=O) groups is 2. The highest BCUT2D eigenvalue weighted by Crippen LogP contribution is 2.19. The van der Waals surface area contributed by atoms with Crippen molar-refractivity contribution in [2.45, 2.75) is 72.1 Å². The number of oxime groups is 1. The van der Waals surface area contributed by atoms with E-state index < -0.39 is 23.4 Å². The third-order valence-electron chi connectivity index (χ3n) is 3.52. The summed E-state index contributed by atoms with van der Waals surface area (Å²) in [6.07, 6.45) is -0.307. The molecule has 150 valence electrons. The Kier molecular flexibility index (Phi) is 7.29. The molecule has 1 fully saturated rings. The van der Waals surface area contributed by atoms with Gasteiger partial charge in [0.25, 0.3) is 0 Å². The number of hydrogen-bond acceptors (Lipinski definition) is 6. The molecule has 1 unspecified atom stereocenters. The summed E-state index contributed by atoms with van der Waals surface area (Å²) in [5.74, 6) is 0. The number of amides is 2. The zero-order chi connectivity index (χ0) is 20.1. The van der Waals surface area contributed by atoms with E-state index in [-0.39, 0.29) is 12.6 Å². The van der Waals surface area contributed by atoms with Gasteiger partial charge in [0.2, 0.25) is 0 Å². The maximum Gasteiger partial charge on any atom is 0.410 e. The van der Waals surface area contributed by atoms with Crippen LogP contribution < -0.4 is 0 Å². The quantitative estimate of drug-likeness (QED) is 0.711. The Labute approximate surface area is 156 Å². The van der Waals surface area contributed by atoms with E-state index in [1.54, 1.807) is 11.9 Å². The van der Waals surface area contributed by atoms with Crippen molar-refractivity contribution in [1.82, 2.24) is 9.80 Å². The van der Waals surface area contributed by atoms with Crippen LogP contribution in [-0.2, 0) is 14.3 Å². The van der Waals surface area contributed by atoms with Crippen molar-refractivity contribution >= 4 is 17.9 Å². The van der Waals surface area contributed by atoms with Crippen LogP contribution in [0.15, 0.2) is 5.16 Å². The molecule has 0 aromatic rings. The number of rotatable bonds is 3. The van der Waals surface area contributed by atoms with E-state index in [2.05, 4.69) is 5.16 Å². The molecule has 8 heteroatoms. The minimum absolute atomic E-state index is 0.243. The van der Waals surface area contributed by atoms with Gasteiger partial charge < -0.3 is 24.1 Å². The summed E-state index contributed by atoms with van der Waals surface area (Å²) in [4.78, 5) is 33.0. The molecule has 8 nitrogen and oxygen atoms in total. The minimum atomic E-state index is -0.584. The average molecular weight is 371 g/mol. The number of nitrogens with zero attached hydrogens (tertiary/aromatic N) is 3. The van der Waals surface area contributed by atoms with Gasteiger partial charge >= 0.3 is 12.2 Å². The zero-order valence-electron chi connectivity index (χ0n) is 17.3. The second-order valence-electron chi connectivity index (χ2n) is 8.30. The molecule has 26 heavy (non-hydrogen) atoms. The standard InChI is InChI=1S/C18H33N3O5/c1-9-24-19-13-12-21(16(23)26-18(5,6)7)11-10-14(13)20(8)15(22)25-17(2,3)4/h14H,9-12H2,1-8H3/b19-13+. The Morgan fingerprint density at radius 2 is 1.73 bits per heavy atom. The molecule has 0 N–H and O–H groups in total. The Hall–Kier alpha value is -1.99. The van der Waals surface area contributed by atoms with Crippen LogP contribution in [0.5, 0.6) is 0 Å². The molecular formula is C18H33N3O5. The third-order valence-corrected chi connectivity index (χ3v) is 3.52. The highest BCUT2D eigenvalue weighted by Gasteiger charge is 2.36. The zero-order valence-corrected chi connectivity index (χ0v) is 17.3. The third kappa shape index (κ3) is 7.09. The topological polar surface area (TPSA) is 80.7 Å². The van der Waals surface area contributed by atoms with E-state index in [0.29, 0.717) is 25.3 Å².